The van der Waals surface area contributed by atoms with Crippen molar-refractivity contribution < 1.29 is 4.74 Å². The molecular formula is C19H37IN8O. The lowest BCUT2D eigenvalue weighted by molar-refractivity contribution is 0.177. The van der Waals surface area contributed by atoms with Gasteiger partial charge in [-0.25, -0.2) is 9.67 Å². The van der Waals surface area contributed by atoms with E-state index >= 15 is 0 Å². The Balaban J connectivity index is 0.00000300. The second-order valence-corrected chi connectivity index (χ2v) is 7.79. The molecule has 0 aromatic carbocycles. The molecule has 166 valence electrons. The van der Waals surface area contributed by atoms with Crippen LogP contribution in [-0.2, 0) is 24.3 Å². The number of hydrogen-bond acceptors (Lipinski definition) is 6. The summed E-state index contributed by atoms with van der Waals surface area (Å²) >= 11 is 0. The third-order valence-electron chi connectivity index (χ3n) is 5.50. The first-order chi connectivity index (χ1) is 13.7. The van der Waals surface area contributed by atoms with Gasteiger partial charge in [0.25, 0.3) is 0 Å². The molecule has 2 aliphatic rings. The van der Waals surface area contributed by atoms with Gasteiger partial charge in [-0.3, -0.25) is 4.99 Å². The number of aryl methyl sites for hydroxylation is 1. The van der Waals surface area contributed by atoms with E-state index in [1.807, 2.05) is 11.7 Å². The molecule has 2 aliphatic heterocycles. The minimum Gasteiger partial charge on any atom is -0.377 e. The number of hydrogen-bond donors (Lipinski definition) is 2. The average Bonchev–Trinajstić information content (AvgIpc) is 2.97. The van der Waals surface area contributed by atoms with Gasteiger partial charge in [-0.05, 0) is 45.9 Å². The molecule has 0 amide bonds. The number of fused-ring (bicyclic) bond motifs is 1. The highest BCUT2D eigenvalue weighted by atomic mass is 127. The van der Waals surface area contributed by atoms with Crippen LogP contribution in [0.3, 0.4) is 0 Å². The molecule has 1 aromatic heterocycles. The van der Waals surface area contributed by atoms with Crippen molar-refractivity contribution >= 4 is 29.9 Å². The third-order valence-corrected chi connectivity index (χ3v) is 5.50. The Labute approximate surface area is 191 Å². The van der Waals surface area contributed by atoms with E-state index in [0.717, 1.165) is 56.5 Å². The summed E-state index contributed by atoms with van der Waals surface area (Å²) in [4.78, 5) is 13.9. The van der Waals surface area contributed by atoms with Gasteiger partial charge in [0.2, 0.25) is 0 Å². The first kappa shape index (κ1) is 24.3. The fraction of sp³-hybridized carbons (Fsp3) is 0.842. The zero-order valence-corrected chi connectivity index (χ0v) is 20.4. The molecule has 0 aliphatic carbocycles. The number of likely N-dealkylation sites (N-methyl/N-ethyl adjacent to an activating group) is 1. The quantitative estimate of drug-likeness (QED) is 0.235. The standard InChI is InChI=1S/C19H36N8O.HI/c1-20-19(21-8-4-10-26-11-5-9-25(2)12-13-26)22-16-6-7-18-23-17(15-28-3)24-27(18)14-16;/h16H,4-15H2,1-3H3,(H2,20,21,22);1H. The first-order valence-electron chi connectivity index (χ1n) is 10.5. The number of ether oxygens (including phenoxy) is 1. The maximum Gasteiger partial charge on any atom is 0.191 e. The Kier molecular flexibility index (Phi) is 10.6. The summed E-state index contributed by atoms with van der Waals surface area (Å²) in [6.45, 7) is 8.14. The van der Waals surface area contributed by atoms with Gasteiger partial charge in [-0.15, -0.1) is 24.0 Å². The molecule has 0 saturated carbocycles. The van der Waals surface area contributed by atoms with Crippen LogP contribution in [0.2, 0.25) is 0 Å². The molecule has 2 N–H and O–H groups in total. The maximum absolute atomic E-state index is 5.14. The van der Waals surface area contributed by atoms with Crippen molar-refractivity contribution in [2.24, 2.45) is 4.99 Å². The van der Waals surface area contributed by atoms with Crippen LogP contribution in [0.4, 0.5) is 0 Å². The second kappa shape index (κ2) is 12.7. The minimum absolute atomic E-state index is 0. The Bertz CT molecular complexity index is 638. The summed E-state index contributed by atoms with van der Waals surface area (Å²) in [5, 5.41) is 11.5. The lowest BCUT2D eigenvalue weighted by atomic mass is 10.1. The predicted molar refractivity (Wildman–Crippen MR) is 126 cm³/mol. The molecule has 1 fully saturated rings. The van der Waals surface area contributed by atoms with E-state index in [0.29, 0.717) is 12.6 Å². The van der Waals surface area contributed by atoms with Gasteiger partial charge >= 0.3 is 0 Å². The highest BCUT2D eigenvalue weighted by Gasteiger charge is 2.22. The van der Waals surface area contributed by atoms with E-state index in [-0.39, 0.29) is 24.0 Å². The normalized spacial score (nSPS) is 21.2. The molecule has 0 radical (unpaired) electrons. The molecule has 29 heavy (non-hydrogen) atoms. The molecule has 3 heterocycles. The van der Waals surface area contributed by atoms with Crippen LogP contribution in [-0.4, -0.2) is 97.0 Å². The minimum atomic E-state index is 0. The van der Waals surface area contributed by atoms with Crippen molar-refractivity contribution in [1.29, 1.82) is 0 Å². The lowest BCUT2D eigenvalue weighted by Gasteiger charge is -2.25. The van der Waals surface area contributed by atoms with Crippen LogP contribution in [0.15, 0.2) is 4.99 Å². The van der Waals surface area contributed by atoms with Crippen molar-refractivity contribution in [3.63, 3.8) is 0 Å². The Morgan fingerprint density at radius 1 is 1.28 bits per heavy atom. The van der Waals surface area contributed by atoms with Crippen molar-refractivity contribution in [2.45, 2.75) is 44.9 Å². The van der Waals surface area contributed by atoms with E-state index in [4.69, 9.17) is 4.74 Å². The number of methoxy groups -OCH3 is 1. The van der Waals surface area contributed by atoms with Gasteiger partial charge in [0.05, 0.1) is 6.54 Å². The number of nitrogens with zero attached hydrogens (tertiary/aromatic N) is 6. The van der Waals surface area contributed by atoms with Crippen LogP contribution in [0, 0.1) is 0 Å². The molecule has 0 bridgehead atoms. The molecule has 1 unspecified atom stereocenters. The van der Waals surface area contributed by atoms with Gasteiger partial charge in [0.15, 0.2) is 11.8 Å². The van der Waals surface area contributed by atoms with Gasteiger partial charge in [0, 0.05) is 46.3 Å². The number of aliphatic imine (C=N–C) groups is 1. The summed E-state index contributed by atoms with van der Waals surface area (Å²) in [5.74, 6) is 2.69. The molecule has 9 nitrogen and oxygen atoms in total. The summed E-state index contributed by atoms with van der Waals surface area (Å²) in [6, 6.07) is 0.317. The van der Waals surface area contributed by atoms with E-state index in [1.165, 1.54) is 32.6 Å². The Morgan fingerprint density at radius 2 is 2.14 bits per heavy atom. The summed E-state index contributed by atoms with van der Waals surface area (Å²) in [6.07, 6.45) is 4.36. The van der Waals surface area contributed by atoms with E-state index < -0.39 is 0 Å². The SMILES string of the molecule is CN=C(NCCCN1CCCN(C)CC1)NC1CCc2nc(COC)nn2C1.I. The topological polar surface area (TPSA) is 82.8 Å². The van der Waals surface area contributed by atoms with Gasteiger partial charge in [-0.1, -0.05) is 0 Å². The molecule has 10 heteroatoms. The van der Waals surface area contributed by atoms with Crippen molar-refractivity contribution in [3.8, 4) is 0 Å². The molecule has 1 atom stereocenters. The highest BCUT2D eigenvalue weighted by molar-refractivity contribution is 14.0. The van der Waals surface area contributed by atoms with Gasteiger partial charge < -0.3 is 25.2 Å². The van der Waals surface area contributed by atoms with Gasteiger partial charge in [-0.2, -0.15) is 5.10 Å². The first-order valence-corrected chi connectivity index (χ1v) is 10.5. The van der Waals surface area contributed by atoms with Crippen molar-refractivity contribution in [1.82, 2.24) is 35.2 Å². The fourth-order valence-electron chi connectivity index (χ4n) is 3.89. The lowest BCUT2D eigenvalue weighted by Crippen LogP contribution is -2.47. The highest BCUT2D eigenvalue weighted by Crippen LogP contribution is 2.13. The smallest absolute Gasteiger partial charge is 0.191 e. The summed E-state index contributed by atoms with van der Waals surface area (Å²) in [7, 11) is 5.72. The monoisotopic (exact) mass is 520 g/mol. The van der Waals surface area contributed by atoms with Gasteiger partial charge in [0.1, 0.15) is 12.4 Å². The maximum atomic E-state index is 5.14. The zero-order valence-electron chi connectivity index (χ0n) is 18.1. The molecule has 0 spiro atoms. The number of halogens is 1. The van der Waals surface area contributed by atoms with Crippen LogP contribution >= 0.6 is 24.0 Å². The number of guanidine groups is 1. The Morgan fingerprint density at radius 3 is 2.93 bits per heavy atom. The number of nitrogens with one attached hydrogen (secondary N) is 2. The largest absolute Gasteiger partial charge is 0.377 e. The molecular weight excluding hydrogens is 483 g/mol. The van der Waals surface area contributed by atoms with Crippen LogP contribution in [0.5, 0.6) is 0 Å². The van der Waals surface area contributed by atoms with E-state index in [1.54, 1.807) is 7.11 Å². The zero-order chi connectivity index (χ0) is 19.8. The number of aromatic nitrogens is 3. The van der Waals surface area contributed by atoms with Crippen LogP contribution < -0.4 is 10.6 Å². The van der Waals surface area contributed by atoms with Crippen molar-refractivity contribution in [2.75, 3.05) is 60.5 Å². The number of rotatable bonds is 7. The van der Waals surface area contributed by atoms with Crippen molar-refractivity contribution in [3.05, 3.63) is 11.6 Å². The molecule has 3 rings (SSSR count). The molecule has 1 saturated heterocycles. The summed E-state index contributed by atoms with van der Waals surface area (Å²) < 4.78 is 7.14. The third kappa shape index (κ3) is 7.65. The Hall–Kier alpha value is -0.980. The average molecular weight is 520 g/mol. The van der Waals surface area contributed by atoms with E-state index in [9.17, 15) is 0 Å². The summed E-state index contributed by atoms with van der Waals surface area (Å²) in [5.41, 5.74) is 0. The van der Waals surface area contributed by atoms with E-state index in [2.05, 4.69) is 42.6 Å². The van der Waals surface area contributed by atoms with Crippen LogP contribution in [0.1, 0.15) is 30.9 Å². The van der Waals surface area contributed by atoms with Crippen LogP contribution in [0.25, 0.3) is 0 Å². The second-order valence-electron chi connectivity index (χ2n) is 7.79. The molecule has 1 aromatic rings. The predicted octanol–water partition coefficient (Wildman–Crippen LogP) is 0.550. The fourth-order valence-corrected chi connectivity index (χ4v) is 3.89.